The number of nitrogens with zero attached hydrogens (tertiary/aromatic N) is 1. The Hall–Kier alpha value is -4.20. The van der Waals surface area contributed by atoms with Gasteiger partial charge in [-0.15, -0.1) is 0 Å². The Morgan fingerprint density at radius 2 is 1.65 bits per heavy atom. The van der Waals surface area contributed by atoms with E-state index in [9.17, 15) is 23.9 Å². The van der Waals surface area contributed by atoms with Gasteiger partial charge in [-0.05, 0) is 68.1 Å². The maximum Gasteiger partial charge on any atom is 0.330 e. The summed E-state index contributed by atoms with van der Waals surface area (Å²) in [6.45, 7) is 3.44. The largest absolute Gasteiger partial charge is 0.479 e. The smallest absolute Gasteiger partial charge is 0.330 e. The summed E-state index contributed by atoms with van der Waals surface area (Å²) in [5.41, 5.74) is 0.570. The van der Waals surface area contributed by atoms with Crippen LogP contribution in [0, 0.1) is 24.6 Å². The zero-order valence-corrected chi connectivity index (χ0v) is 22.3. The number of Topliss-reactive ketones (excluding diaryl/α,β-unsaturated/α-hetero) is 1. The number of carboxylic acid groups (broad SMARTS) is 1. The molecule has 3 aromatic carbocycles. The van der Waals surface area contributed by atoms with E-state index in [0.29, 0.717) is 41.0 Å². The molecule has 0 bridgehead atoms. The zero-order valence-electron chi connectivity index (χ0n) is 22.3. The Bertz CT molecular complexity index is 1500. The quantitative estimate of drug-likeness (QED) is 0.403. The highest BCUT2D eigenvalue weighted by atomic mass is 19.1. The topological polar surface area (TPSA) is 93.1 Å². The Labute approximate surface area is 231 Å². The van der Waals surface area contributed by atoms with Crippen molar-refractivity contribution in [2.24, 2.45) is 11.8 Å². The molecule has 1 aliphatic carbocycles. The number of carboxylic acids is 1. The molecule has 7 nitrogen and oxygen atoms in total. The molecule has 6 rings (SSSR count). The number of hydrogen-bond donors (Lipinski definition) is 1. The Morgan fingerprint density at radius 1 is 0.950 bits per heavy atom. The van der Waals surface area contributed by atoms with Gasteiger partial charge in [0.1, 0.15) is 11.4 Å². The van der Waals surface area contributed by atoms with Crippen molar-refractivity contribution in [1.29, 1.82) is 0 Å². The number of benzene rings is 3. The van der Waals surface area contributed by atoms with E-state index >= 15 is 0 Å². The highest BCUT2D eigenvalue weighted by Crippen LogP contribution is 2.58. The minimum atomic E-state index is -1.80. The van der Waals surface area contributed by atoms with Crippen molar-refractivity contribution in [1.82, 2.24) is 4.90 Å². The first-order valence-corrected chi connectivity index (χ1v) is 13.5. The SMILES string of the molecule is Cc1cccc(C(=O)C2C(c3ccc4c(c3)OCO4)N(C(=O)C3CCC3)C(C)(C(=O)O)C2c2ccc(F)cc2)c1. The van der Waals surface area contributed by atoms with Crippen LogP contribution < -0.4 is 9.47 Å². The number of hydrogen-bond acceptors (Lipinski definition) is 5. The Morgan fingerprint density at radius 3 is 2.30 bits per heavy atom. The number of fused-ring (bicyclic) bond motifs is 1. The Kier molecular flexibility index (Phi) is 6.36. The predicted octanol–water partition coefficient (Wildman–Crippen LogP) is 5.67. The van der Waals surface area contributed by atoms with E-state index in [1.54, 1.807) is 36.4 Å². The first kappa shape index (κ1) is 26.0. The van der Waals surface area contributed by atoms with Gasteiger partial charge >= 0.3 is 5.97 Å². The molecule has 4 atom stereocenters. The van der Waals surface area contributed by atoms with Crippen molar-refractivity contribution < 1.29 is 33.4 Å². The third kappa shape index (κ3) is 4.05. The number of halogens is 1. The summed E-state index contributed by atoms with van der Waals surface area (Å²) in [7, 11) is 0. The van der Waals surface area contributed by atoms with Crippen molar-refractivity contribution in [3.05, 3.63) is 94.8 Å². The lowest BCUT2D eigenvalue weighted by Crippen LogP contribution is -2.56. The van der Waals surface area contributed by atoms with Crippen molar-refractivity contribution in [3.63, 3.8) is 0 Å². The standard InChI is InChI=1S/C32H30FNO6/c1-18-5-3-8-22(15-18)29(35)26-27(19-9-12-23(33)13-10-19)32(2,31(37)38)34(30(36)20-6-4-7-20)28(26)21-11-14-24-25(16-21)40-17-39-24/h3,5,8-16,20,26-28H,4,6-7,17H2,1-2H3,(H,37,38). The highest BCUT2D eigenvalue weighted by molar-refractivity contribution is 6.02. The molecule has 2 heterocycles. The molecule has 1 amide bonds. The van der Waals surface area contributed by atoms with Crippen molar-refractivity contribution in [2.75, 3.05) is 6.79 Å². The monoisotopic (exact) mass is 543 g/mol. The molecule has 40 heavy (non-hydrogen) atoms. The number of amides is 1. The predicted molar refractivity (Wildman–Crippen MR) is 144 cm³/mol. The van der Waals surface area contributed by atoms with E-state index in [1.807, 2.05) is 13.0 Å². The average Bonchev–Trinajstić information content (AvgIpc) is 3.48. The van der Waals surface area contributed by atoms with Crippen LogP contribution in [0.2, 0.25) is 0 Å². The maximum absolute atomic E-state index is 14.5. The Balaban J connectivity index is 1.62. The second-order valence-electron chi connectivity index (χ2n) is 11.1. The number of likely N-dealkylation sites (tertiary alicyclic amines) is 1. The molecule has 206 valence electrons. The van der Waals surface area contributed by atoms with Crippen LogP contribution in [0.4, 0.5) is 4.39 Å². The van der Waals surface area contributed by atoms with Crippen LogP contribution in [0.5, 0.6) is 11.5 Å². The third-order valence-electron chi connectivity index (χ3n) is 8.78. The molecular weight excluding hydrogens is 513 g/mol. The second kappa shape index (κ2) is 9.77. The average molecular weight is 544 g/mol. The van der Waals surface area contributed by atoms with Crippen molar-refractivity contribution >= 4 is 17.7 Å². The van der Waals surface area contributed by atoms with Gasteiger partial charge < -0.3 is 19.5 Å². The second-order valence-corrected chi connectivity index (χ2v) is 11.1. The number of ether oxygens (including phenoxy) is 2. The van der Waals surface area contributed by atoms with Crippen LogP contribution in [0.3, 0.4) is 0 Å². The van der Waals surface area contributed by atoms with Gasteiger partial charge in [0.15, 0.2) is 17.3 Å². The minimum absolute atomic E-state index is 0.0465. The summed E-state index contributed by atoms with van der Waals surface area (Å²) in [6.07, 6.45) is 2.21. The molecular formula is C32H30FNO6. The zero-order chi connectivity index (χ0) is 28.2. The normalized spacial score (nSPS) is 25.5. The molecule has 0 radical (unpaired) electrons. The minimum Gasteiger partial charge on any atom is -0.479 e. The lowest BCUT2D eigenvalue weighted by Gasteiger charge is -2.41. The molecule has 0 spiro atoms. The fourth-order valence-electron chi connectivity index (χ4n) is 6.53. The van der Waals surface area contributed by atoms with Crippen LogP contribution in [-0.2, 0) is 9.59 Å². The van der Waals surface area contributed by atoms with E-state index in [4.69, 9.17) is 9.47 Å². The summed E-state index contributed by atoms with van der Waals surface area (Å²) >= 11 is 0. The molecule has 2 fully saturated rings. The van der Waals surface area contributed by atoms with Gasteiger partial charge in [0.25, 0.3) is 0 Å². The lowest BCUT2D eigenvalue weighted by atomic mass is 9.71. The number of rotatable bonds is 6. The van der Waals surface area contributed by atoms with Crippen LogP contribution in [0.1, 0.15) is 65.2 Å². The maximum atomic E-state index is 14.5. The van der Waals surface area contributed by atoms with Gasteiger partial charge in [0, 0.05) is 17.4 Å². The highest BCUT2D eigenvalue weighted by Gasteiger charge is 2.65. The lowest BCUT2D eigenvalue weighted by molar-refractivity contribution is -0.161. The van der Waals surface area contributed by atoms with Crippen LogP contribution >= 0.6 is 0 Å². The van der Waals surface area contributed by atoms with Gasteiger partial charge in [-0.3, -0.25) is 9.59 Å². The summed E-state index contributed by atoms with van der Waals surface area (Å²) in [5, 5.41) is 10.9. The summed E-state index contributed by atoms with van der Waals surface area (Å²) in [5.74, 6) is -3.51. The fourth-order valence-corrected chi connectivity index (χ4v) is 6.53. The van der Waals surface area contributed by atoms with Crippen LogP contribution in [-0.4, -0.2) is 40.0 Å². The number of aryl methyl sites for hydroxylation is 1. The van der Waals surface area contributed by atoms with Gasteiger partial charge in [0.2, 0.25) is 12.7 Å². The summed E-state index contributed by atoms with van der Waals surface area (Å²) in [4.78, 5) is 43.5. The number of carbonyl (C=O) groups excluding carboxylic acids is 2. The van der Waals surface area contributed by atoms with Gasteiger partial charge in [-0.1, -0.05) is 48.4 Å². The van der Waals surface area contributed by atoms with Gasteiger partial charge in [0.05, 0.1) is 12.0 Å². The molecule has 8 heteroatoms. The molecule has 2 aliphatic heterocycles. The molecule has 3 aliphatic rings. The number of ketones is 1. The molecule has 0 aromatic heterocycles. The number of aliphatic carboxylic acids is 1. The van der Waals surface area contributed by atoms with E-state index in [-0.39, 0.29) is 24.4 Å². The number of carbonyl (C=O) groups is 3. The van der Waals surface area contributed by atoms with E-state index in [0.717, 1.165) is 12.0 Å². The summed E-state index contributed by atoms with van der Waals surface area (Å²) in [6, 6.07) is 17.0. The third-order valence-corrected chi connectivity index (χ3v) is 8.78. The molecule has 4 unspecified atom stereocenters. The van der Waals surface area contributed by atoms with E-state index in [1.165, 1.54) is 36.1 Å². The fraction of sp³-hybridized carbons (Fsp3) is 0.344. The van der Waals surface area contributed by atoms with Crippen LogP contribution in [0.15, 0.2) is 66.7 Å². The van der Waals surface area contributed by atoms with Gasteiger partial charge in [-0.25, -0.2) is 9.18 Å². The molecule has 1 saturated carbocycles. The van der Waals surface area contributed by atoms with Gasteiger partial charge in [-0.2, -0.15) is 0 Å². The summed E-state index contributed by atoms with van der Waals surface area (Å²) < 4.78 is 25.2. The molecule has 1 N–H and O–H groups in total. The van der Waals surface area contributed by atoms with Crippen molar-refractivity contribution in [2.45, 2.75) is 50.6 Å². The van der Waals surface area contributed by atoms with E-state index in [2.05, 4.69) is 0 Å². The molecule has 3 aromatic rings. The molecule has 1 saturated heterocycles. The first-order valence-electron chi connectivity index (χ1n) is 13.5. The van der Waals surface area contributed by atoms with Crippen molar-refractivity contribution in [3.8, 4) is 11.5 Å². The van der Waals surface area contributed by atoms with E-state index < -0.39 is 35.2 Å². The first-order chi connectivity index (χ1) is 19.2. The van der Waals surface area contributed by atoms with Crippen LogP contribution in [0.25, 0.3) is 0 Å².